The van der Waals surface area contributed by atoms with Crippen molar-refractivity contribution in [3.8, 4) is 33.1 Å². The van der Waals surface area contributed by atoms with Crippen LogP contribution in [0.1, 0.15) is 31.2 Å². The van der Waals surface area contributed by atoms with Crippen LogP contribution in [0.25, 0.3) is 55.2 Å². The quantitative estimate of drug-likeness (QED) is 0.216. The Morgan fingerprint density at radius 1 is 1.03 bits per heavy atom. The van der Waals surface area contributed by atoms with E-state index in [1.54, 1.807) is 12.3 Å². The Hall–Kier alpha value is -3.95. The fraction of sp³-hybridized carbons (Fsp3) is 0.241. The van der Waals surface area contributed by atoms with E-state index >= 15 is 0 Å². The van der Waals surface area contributed by atoms with Crippen LogP contribution in [0.4, 0.5) is 4.39 Å². The molecule has 0 atom stereocenters. The number of pyridine rings is 2. The van der Waals surface area contributed by atoms with E-state index in [9.17, 15) is 4.39 Å². The lowest BCUT2D eigenvalue weighted by Gasteiger charge is -2.11. The van der Waals surface area contributed by atoms with Gasteiger partial charge in [-0.3, -0.25) is 10.1 Å². The number of fused-ring (bicyclic) bond motifs is 2. The van der Waals surface area contributed by atoms with Crippen LogP contribution >= 0.6 is 11.3 Å². The lowest BCUT2D eigenvalue weighted by Crippen LogP contribution is -2.20. The summed E-state index contributed by atoms with van der Waals surface area (Å²) in [4.78, 5) is 17.9. The maximum absolute atomic E-state index is 13.7. The molecule has 1 aliphatic rings. The van der Waals surface area contributed by atoms with Crippen LogP contribution in [0.3, 0.4) is 0 Å². The lowest BCUT2D eigenvalue weighted by molar-refractivity contribution is 0.489. The van der Waals surface area contributed by atoms with Crippen LogP contribution in [-0.2, 0) is 6.54 Å². The minimum Gasteiger partial charge on any atom is -0.321 e. The zero-order valence-corrected chi connectivity index (χ0v) is 21.5. The van der Waals surface area contributed by atoms with Gasteiger partial charge in [0.05, 0.1) is 5.52 Å². The SMILES string of the molecule is Fc1ccc(-c2ccnc3[nH]c(-c4n[nH]c5ccc(-c6cncc(CNCC7CCCC7)c6)cc45)nc23)s1. The minimum absolute atomic E-state index is 0.227. The molecule has 1 aliphatic carbocycles. The highest BCUT2D eigenvalue weighted by Gasteiger charge is 2.18. The fourth-order valence-corrected chi connectivity index (χ4v) is 6.19. The van der Waals surface area contributed by atoms with E-state index in [0.717, 1.165) is 62.8 Å². The summed E-state index contributed by atoms with van der Waals surface area (Å²) >= 11 is 1.10. The van der Waals surface area contributed by atoms with Gasteiger partial charge in [-0.15, -0.1) is 11.3 Å². The number of halogens is 1. The van der Waals surface area contributed by atoms with Crippen molar-refractivity contribution in [3.63, 3.8) is 0 Å². The van der Waals surface area contributed by atoms with Gasteiger partial charge in [0.2, 0.25) is 0 Å². The maximum atomic E-state index is 13.7. The van der Waals surface area contributed by atoms with Gasteiger partial charge in [0, 0.05) is 46.5 Å². The summed E-state index contributed by atoms with van der Waals surface area (Å²) in [6.45, 7) is 1.89. The molecular weight excluding hydrogens is 497 g/mol. The summed E-state index contributed by atoms with van der Waals surface area (Å²) in [5.74, 6) is 1.42. The summed E-state index contributed by atoms with van der Waals surface area (Å²) in [7, 11) is 0. The molecule has 1 fully saturated rings. The second kappa shape index (κ2) is 9.74. The number of hydrogen-bond donors (Lipinski definition) is 3. The average molecular weight is 524 g/mol. The van der Waals surface area contributed by atoms with E-state index < -0.39 is 0 Å². The molecule has 0 amide bonds. The smallest absolute Gasteiger partial charge is 0.176 e. The second-order valence-electron chi connectivity index (χ2n) is 9.94. The van der Waals surface area contributed by atoms with E-state index in [4.69, 9.17) is 4.98 Å². The highest BCUT2D eigenvalue weighted by atomic mass is 32.1. The van der Waals surface area contributed by atoms with Gasteiger partial charge in [-0.25, -0.2) is 9.97 Å². The zero-order valence-electron chi connectivity index (χ0n) is 20.7. The van der Waals surface area contributed by atoms with Crippen molar-refractivity contribution in [2.75, 3.05) is 6.54 Å². The largest absolute Gasteiger partial charge is 0.321 e. The fourth-order valence-electron chi connectivity index (χ4n) is 5.43. The van der Waals surface area contributed by atoms with Gasteiger partial charge in [-0.05, 0) is 72.8 Å². The first-order valence-electron chi connectivity index (χ1n) is 13.0. The monoisotopic (exact) mass is 523 g/mol. The third-order valence-electron chi connectivity index (χ3n) is 7.38. The van der Waals surface area contributed by atoms with Crippen LogP contribution in [0.5, 0.6) is 0 Å². The topological polar surface area (TPSA) is 95.2 Å². The summed E-state index contributed by atoms with van der Waals surface area (Å²) in [5, 5.41) is 12.0. The van der Waals surface area contributed by atoms with Crippen molar-refractivity contribution in [1.29, 1.82) is 0 Å². The van der Waals surface area contributed by atoms with Gasteiger partial charge in [-0.2, -0.15) is 9.49 Å². The summed E-state index contributed by atoms with van der Waals surface area (Å²) < 4.78 is 13.7. The van der Waals surface area contributed by atoms with Crippen molar-refractivity contribution < 1.29 is 4.39 Å². The highest BCUT2D eigenvalue weighted by Crippen LogP contribution is 2.34. The van der Waals surface area contributed by atoms with Crippen molar-refractivity contribution in [2.45, 2.75) is 32.2 Å². The number of benzene rings is 1. The number of aromatic nitrogens is 6. The Bertz CT molecular complexity index is 1740. The normalized spacial score (nSPS) is 14.2. The highest BCUT2D eigenvalue weighted by molar-refractivity contribution is 7.14. The maximum Gasteiger partial charge on any atom is 0.176 e. The first kappa shape index (κ1) is 23.2. The molecular formula is C29H26FN7S. The predicted molar refractivity (Wildman–Crippen MR) is 149 cm³/mol. The Labute approximate surface area is 222 Å². The van der Waals surface area contributed by atoms with Gasteiger partial charge in [0.15, 0.2) is 16.6 Å². The lowest BCUT2D eigenvalue weighted by atomic mass is 10.0. The van der Waals surface area contributed by atoms with Crippen LogP contribution in [0.2, 0.25) is 0 Å². The first-order valence-corrected chi connectivity index (χ1v) is 13.8. The standard InChI is InChI=1S/C29H26FN7S/c30-25-8-7-24(38-25)21-9-10-33-28-26(21)34-29(35-28)27-22-12-19(5-6-23(22)36-37-27)20-11-18(15-32-16-20)14-31-13-17-3-1-2-4-17/h5-12,15-17,31H,1-4,13-14H2,(H,36,37)(H,33,34,35). The molecule has 9 heteroatoms. The van der Waals surface area contributed by atoms with Gasteiger partial charge in [0.1, 0.15) is 11.2 Å². The molecule has 190 valence electrons. The zero-order chi connectivity index (χ0) is 25.5. The number of rotatable bonds is 7. The Kier molecular flexibility index (Phi) is 5.94. The molecule has 7 rings (SSSR count). The molecule has 0 saturated heterocycles. The number of aromatic amines is 2. The Balaban J connectivity index is 1.20. The molecule has 1 saturated carbocycles. The number of thiophene rings is 1. The van der Waals surface area contributed by atoms with E-state index in [1.807, 2.05) is 24.5 Å². The van der Waals surface area contributed by atoms with Gasteiger partial charge in [0.25, 0.3) is 0 Å². The minimum atomic E-state index is -0.227. The van der Waals surface area contributed by atoms with Crippen molar-refractivity contribution >= 4 is 33.4 Å². The summed E-state index contributed by atoms with van der Waals surface area (Å²) in [6, 6.07) is 13.5. The van der Waals surface area contributed by atoms with Gasteiger partial charge >= 0.3 is 0 Å². The summed E-state index contributed by atoms with van der Waals surface area (Å²) in [6.07, 6.45) is 11.0. The molecule has 3 N–H and O–H groups in total. The number of nitrogens with one attached hydrogen (secondary N) is 3. The van der Waals surface area contributed by atoms with Crippen molar-refractivity contribution in [3.05, 3.63) is 71.7 Å². The van der Waals surface area contributed by atoms with Crippen LogP contribution < -0.4 is 5.32 Å². The van der Waals surface area contributed by atoms with Crippen LogP contribution in [0, 0.1) is 11.0 Å². The average Bonchev–Trinajstić information content (AvgIpc) is 3.74. The molecule has 0 bridgehead atoms. The predicted octanol–water partition coefficient (Wildman–Crippen LogP) is 6.71. The molecule has 0 radical (unpaired) electrons. The van der Waals surface area contributed by atoms with Gasteiger partial charge in [-0.1, -0.05) is 18.9 Å². The first-order chi connectivity index (χ1) is 18.7. The third kappa shape index (κ3) is 4.37. The molecule has 5 heterocycles. The Morgan fingerprint density at radius 2 is 1.95 bits per heavy atom. The molecule has 5 aromatic heterocycles. The molecule has 0 aliphatic heterocycles. The van der Waals surface area contributed by atoms with Crippen molar-refractivity contribution in [1.82, 2.24) is 35.5 Å². The molecule has 6 aromatic rings. The molecule has 0 spiro atoms. The molecule has 7 nitrogen and oxygen atoms in total. The van der Waals surface area contributed by atoms with Crippen LogP contribution in [-0.4, -0.2) is 36.7 Å². The van der Waals surface area contributed by atoms with Gasteiger partial charge < -0.3 is 10.3 Å². The van der Waals surface area contributed by atoms with Crippen molar-refractivity contribution in [2.24, 2.45) is 5.92 Å². The number of imidazole rings is 1. The molecule has 0 unspecified atom stereocenters. The number of hydrogen-bond acceptors (Lipinski definition) is 6. The second-order valence-corrected chi connectivity index (χ2v) is 11.0. The Morgan fingerprint density at radius 3 is 2.82 bits per heavy atom. The molecule has 38 heavy (non-hydrogen) atoms. The van der Waals surface area contributed by atoms with E-state index in [2.05, 4.69) is 48.7 Å². The third-order valence-corrected chi connectivity index (χ3v) is 8.28. The van der Waals surface area contributed by atoms with E-state index in [0.29, 0.717) is 22.7 Å². The number of H-pyrrole nitrogens is 2. The molecule has 1 aromatic carbocycles. The number of nitrogens with zero attached hydrogens (tertiary/aromatic N) is 4. The summed E-state index contributed by atoms with van der Waals surface area (Å²) in [5.41, 5.74) is 7.11. The van der Waals surface area contributed by atoms with E-state index in [1.165, 1.54) is 37.3 Å². The van der Waals surface area contributed by atoms with Crippen LogP contribution in [0.15, 0.2) is 61.1 Å². The van der Waals surface area contributed by atoms with E-state index in [-0.39, 0.29) is 5.13 Å².